The maximum Gasteiger partial charge on any atom is 0.224 e. The number of rotatable bonds is 0. The van der Waals surface area contributed by atoms with E-state index >= 15 is 0 Å². The molecule has 0 unspecified atom stereocenters. The van der Waals surface area contributed by atoms with Gasteiger partial charge in [0.25, 0.3) is 0 Å². The van der Waals surface area contributed by atoms with E-state index in [9.17, 15) is 9.59 Å². The van der Waals surface area contributed by atoms with E-state index in [1.54, 1.807) is 6.07 Å². The van der Waals surface area contributed by atoms with Crippen LogP contribution in [-0.4, -0.2) is 5.91 Å². The molecule has 17 heavy (non-hydrogen) atoms. The van der Waals surface area contributed by atoms with Gasteiger partial charge in [-0.2, -0.15) is 0 Å². The molecule has 0 saturated heterocycles. The van der Waals surface area contributed by atoms with Crippen molar-refractivity contribution in [2.75, 3.05) is 5.32 Å². The summed E-state index contributed by atoms with van der Waals surface area (Å²) in [5.41, 5.74) is 1.64. The van der Waals surface area contributed by atoms with Gasteiger partial charge in [0.1, 0.15) is 0 Å². The second kappa shape index (κ2) is 3.70. The van der Waals surface area contributed by atoms with Gasteiger partial charge in [-0.05, 0) is 28.8 Å². The fraction of sp³-hybridized carbons (Fsp3) is 0.143. The van der Waals surface area contributed by atoms with E-state index in [4.69, 9.17) is 0 Å². The van der Waals surface area contributed by atoms with Crippen LogP contribution in [0.15, 0.2) is 41.2 Å². The predicted molar refractivity (Wildman–Crippen MR) is 67.2 cm³/mol. The Balaban J connectivity index is 2.44. The number of aryl methyl sites for hydroxylation is 1. The minimum Gasteiger partial charge on any atom is -0.326 e. The van der Waals surface area contributed by atoms with Crippen LogP contribution in [0.2, 0.25) is 0 Å². The first kappa shape index (κ1) is 10.0. The zero-order chi connectivity index (χ0) is 11.8. The lowest BCUT2D eigenvalue weighted by Gasteiger charge is -2.15. The lowest BCUT2D eigenvalue weighted by atomic mass is 10.0. The molecule has 0 atom stereocenters. The van der Waals surface area contributed by atoms with Crippen molar-refractivity contribution in [3.05, 3.63) is 52.2 Å². The first-order valence-electron chi connectivity index (χ1n) is 5.60. The van der Waals surface area contributed by atoms with Crippen molar-refractivity contribution in [1.82, 2.24) is 0 Å². The van der Waals surface area contributed by atoms with Crippen molar-refractivity contribution in [2.24, 2.45) is 0 Å². The molecular formula is C14H11NO2. The average Bonchev–Trinajstić information content (AvgIpc) is 2.43. The third-order valence-electron chi connectivity index (χ3n) is 3.07. The molecule has 0 bridgehead atoms. The highest BCUT2D eigenvalue weighted by molar-refractivity contribution is 5.98. The lowest BCUT2D eigenvalue weighted by molar-refractivity contribution is -0.116. The Morgan fingerprint density at radius 1 is 1.00 bits per heavy atom. The predicted octanol–water partition coefficient (Wildman–Crippen LogP) is 2.08. The Morgan fingerprint density at radius 3 is 2.71 bits per heavy atom. The van der Waals surface area contributed by atoms with Crippen molar-refractivity contribution < 1.29 is 4.79 Å². The smallest absolute Gasteiger partial charge is 0.224 e. The van der Waals surface area contributed by atoms with E-state index < -0.39 is 0 Å². The SMILES string of the molecule is O=C1CCc2c(cc(=O)cc3ccccc23)N1. The third-order valence-corrected chi connectivity index (χ3v) is 3.07. The van der Waals surface area contributed by atoms with Crippen LogP contribution in [0.4, 0.5) is 5.69 Å². The van der Waals surface area contributed by atoms with E-state index in [0.717, 1.165) is 16.3 Å². The molecule has 2 aromatic rings. The van der Waals surface area contributed by atoms with Crippen LogP contribution in [0, 0.1) is 0 Å². The van der Waals surface area contributed by atoms with Crippen LogP contribution < -0.4 is 10.7 Å². The van der Waals surface area contributed by atoms with Gasteiger partial charge in [0.15, 0.2) is 5.43 Å². The maximum atomic E-state index is 11.7. The highest BCUT2D eigenvalue weighted by Gasteiger charge is 2.16. The lowest BCUT2D eigenvalue weighted by Crippen LogP contribution is -2.19. The monoisotopic (exact) mass is 225 g/mol. The Kier molecular flexibility index (Phi) is 2.18. The third kappa shape index (κ3) is 1.69. The topological polar surface area (TPSA) is 46.2 Å². The Hall–Kier alpha value is -2.16. The van der Waals surface area contributed by atoms with Crippen molar-refractivity contribution >= 4 is 22.4 Å². The number of amides is 1. The van der Waals surface area contributed by atoms with Crippen molar-refractivity contribution in [3.8, 4) is 0 Å². The molecule has 1 N–H and O–H groups in total. The quantitative estimate of drug-likeness (QED) is 0.746. The van der Waals surface area contributed by atoms with Crippen LogP contribution in [0.1, 0.15) is 12.0 Å². The van der Waals surface area contributed by atoms with E-state index in [-0.39, 0.29) is 11.3 Å². The molecule has 1 amide bonds. The summed E-state index contributed by atoms with van der Waals surface area (Å²) in [6.45, 7) is 0. The van der Waals surface area contributed by atoms with Crippen LogP contribution in [0.5, 0.6) is 0 Å². The number of fused-ring (bicyclic) bond motifs is 3. The molecule has 0 spiro atoms. The van der Waals surface area contributed by atoms with Gasteiger partial charge in [-0.1, -0.05) is 24.3 Å². The number of anilines is 1. The molecule has 0 aliphatic carbocycles. The van der Waals surface area contributed by atoms with Crippen LogP contribution in [-0.2, 0) is 11.2 Å². The Labute approximate surface area is 98.1 Å². The minimum absolute atomic E-state index is 0.0211. The van der Waals surface area contributed by atoms with Crippen molar-refractivity contribution in [1.29, 1.82) is 0 Å². The van der Waals surface area contributed by atoms with Gasteiger partial charge in [0.05, 0.1) is 0 Å². The summed E-state index contributed by atoms with van der Waals surface area (Å²) in [7, 11) is 0. The number of hydrogen-bond donors (Lipinski definition) is 1. The number of carbonyl (C=O) groups excluding carboxylic acids is 1. The van der Waals surface area contributed by atoms with Gasteiger partial charge in [0.2, 0.25) is 5.91 Å². The molecule has 0 saturated carbocycles. The summed E-state index contributed by atoms with van der Waals surface area (Å²) in [5, 5.41) is 4.75. The molecular weight excluding hydrogens is 214 g/mol. The summed E-state index contributed by atoms with van der Waals surface area (Å²) in [4.78, 5) is 23.1. The second-order valence-electron chi connectivity index (χ2n) is 4.22. The molecule has 3 heteroatoms. The Morgan fingerprint density at radius 2 is 1.82 bits per heavy atom. The minimum atomic E-state index is -0.0790. The van der Waals surface area contributed by atoms with Gasteiger partial charge in [0, 0.05) is 18.2 Å². The number of carbonyl (C=O) groups is 1. The van der Waals surface area contributed by atoms with Gasteiger partial charge in [-0.25, -0.2) is 0 Å². The molecule has 3 rings (SSSR count). The molecule has 1 aliphatic rings. The average molecular weight is 225 g/mol. The fourth-order valence-electron chi connectivity index (χ4n) is 2.30. The number of benzene rings is 1. The molecule has 0 radical (unpaired) electrons. The summed E-state index contributed by atoms with van der Waals surface area (Å²) in [5.74, 6) is -0.0211. The molecule has 0 aromatic heterocycles. The van der Waals surface area contributed by atoms with Gasteiger partial charge >= 0.3 is 0 Å². The molecule has 1 heterocycles. The zero-order valence-electron chi connectivity index (χ0n) is 9.19. The Bertz CT molecular complexity index is 677. The highest BCUT2D eigenvalue weighted by Crippen LogP contribution is 2.27. The molecule has 0 fully saturated rings. The van der Waals surface area contributed by atoms with E-state index in [1.165, 1.54) is 6.07 Å². The second-order valence-corrected chi connectivity index (χ2v) is 4.22. The number of nitrogens with one attached hydrogen (secondary N) is 1. The van der Waals surface area contributed by atoms with Crippen LogP contribution in [0.25, 0.3) is 10.8 Å². The van der Waals surface area contributed by atoms with Gasteiger partial charge < -0.3 is 5.32 Å². The fourth-order valence-corrected chi connectivity index (χ4v) is 2.30. The molecule has 3 nitrogen and oxygen atoms in total. The summed E-state index contributed by atoms with van der Waals surface area (Å²) >= 11 is 0. The summed E-state index contributed by atoms with van der Waals surface area (Å²) in [6, 6.07) is 10.9. The first-order chi connectivity index (χ1) is 8.24. The number of hydrogen-bond acceptors (Lipinski definition) is 2. The normalized spacial score (nSPS) is 14.2. The largest absolute Gasteiger partial charge is 0.326 e. The molecule has 1 aliphatic heterocycles. The first-order valence-corrected chi connectivity index (χ1v) is 5.60. The maximum absolute atomic E-state index is 11.7. The van der Waals surface area contributed by atoms with Crippen molar-refractivity contribution in [3.63, 3.8) is 0 Å². The van der Waals surface area contributed by atoms with Crippen LogP contribution in [0.3, 0.4) is 0 Å². The zero-order valence-corrected chi connectivity index (χ0v) is 9.19. The van der Waals surface area contributed by atoms with Gasteiger partial charge in [-0.15, -0.1) is 0 Å². The summed E-state index contributed by atoms with van der Waals surface area (Å²) < 4.78 is 0. The van der Waals surface area contributed by atoms with E-state index in [1.807, 2.05) is 24.3 Å². The van der Waals surface area contributed by atoms with Crippen molar-refractivity contribution in [2.45, 2.75) is 12.8 Å². The molecule has 84 valence electrons. The summed E-state index contributed by atoms with van der Waals surface area (Å²) in [6.07, 6.45) is 1.17. The van der Waals surface area contributed by atoms with Crippen LogP contribution >= 0.6 is 0 Å². The molecule has 2 aromatic carbocycles. The van der Waals surface area contributed by atoms with E-state index in [2.05, 4.69) is 5.32 Å². The van der Waals surface area contributed by atoms with Gasteiger partial charge in [-0.3, -0.25) is 9.59 Å². The van der Waals surface area contributed by atoms with E-state index in [0.29, 0.717) is 18.5 Å². The standard InChI is InChI=1S/C14H11NO2/c16-10-7-9-3-1-2-4-11(9)12-5-6-14(17)15-13(12)8-10/h1-4,7-8H,5-6H2,(H,15,17). The highest BCUT2D eigenvalue weighted by atomic mass is 16.1.